The van der Waals surface area contributed by atoms with Crippen LogP contribution in [0.25, 0.3) is 16.7 Å². The molecule has 0 bridgehead atoms. The smallest absolute Gasteiger partial charge is 0.225 e. The minimum atomic E-state index is -0.0773. The van der Waals surface area contributed by atoms with E-state index in [1.165, 1.54) is 11.1 Å². The Morgan fingerprint density at radius 1 is 1.18 bits per heavy atom. The monoisotopic (exact) mass is 373 g/mol. The summed E-state index contributed by atoms with van der Waals surface area (Å²) in [5, 5.41) is 4.09. The van der Waals surface area contributed by atoms with Crippen LogP contribution in [0.3, 0.4) is 0 Å². The molecular formula is C23H23N3O2. The minimum Gasteiger partial charge on any atom is -0.464 e. The van der Waals surface area contributed by atoms with Crippen LogP contribution < -0.4 is 5.32 Å². The molecule has 0 spiro atoms. The maximum Gasteiger partial charge on any atom is 0.225 e. The van der Waals surface area contributed by atoms with E-state index in [0.717, 1.165) is 27.8 Å². The van der Waals surface area contributed by atoms with Gasteiger partial charge in [0.05, 0.1) is 25.1 Å². The van der Waals surface area contributed by atoms with E-state index in [9.17, 15) is 4.79 Å². The highest BCUT2D eigenvalue weighted by Gasteiger charge is 2.14. The number of rotatable bonds is 5. The zero-order valence-corrected chi connectivity index (χ0v) is 16.3. The number of aryl methyl sites for hydroxylation is 2. The van der Waals surface area contributed by atoms with Gasteiger partial charge in [0.2, 0.25) is 5.91 Å². The van der Waals surface area contributed by atoms with Gasteiger partial charge in [0, 0.05) is 29.0 Å². The fourth-order valence-corrected chi connectivity index (χ4v) is 3.37. The summed E-state index contributed by atoms with van der Waals surface area (Å²) in [5.41, 5.74) is 6.22. The number of carbonyl (C=O) groups is 1. The summed E-state index contributed by atoms with van der Waals surface area (Å²) < 4.78 is 7.58. The summed E-state index contributed by atoms with van der Waals surface area (Å²) in [6, 6.07) is 12.1. The van der Waals surface area contributed by atoms with E-state index in [4.69, 9.17) is 4.42 Å². The third kappa shape index (κ3) is 3.56. The molecule has 0 aliphatic carbocycles. The van der Waals surface area contributed by atoms with Crippen LogP contribution in [-0.2, 0) is 11.2 Å². The summed E-state index contributed by atoms with van der Waals surface area (Å²) in [4.78, 5) is 16.6. The maximum atomic E-state index is 12.6. The molecule has 0 fully saturated rings. The van der Waals surface area contributed by atoms with E-state index in [0.29, 0.717) is 6.42 Å². The Morgan fingerprint density at radius 2 is 1.93 bits per heavy atom. The van der Waals surface area contributed by atoms with Gasteiger partial charge in [0.15, 0.2) is 0 Å². The molecule has 2 heterocycles. The highest BCUT2D eigenvalue weighted by atomic mass is 16.3. The first kappa shape index (κ1) is 18.0. The molecule has 142 valence electrons. The van der Waals surface area contributed by atoms with E-state index >= 15 is 0 Å². The molecule has 2 aromatic heterocycles. The summed E-state index contributed by atoms with van der Waals surface area (Å²) in [7, 11) is 0. The summed E-state index contributed by atoms with van der Waals surface area (Å²) in [5.74, 6) is -0.0212. The molecule has 1 amide bonds. The van der Waals surface area contributed by atoms with Gasteiger partial charge < -0.3 is 14.3 Å². The average Bonchev–Trinajstić information content (AvgIpc) is 3.33. The van der Waals surface area contributed by atoms with Crippen LogP contribution in [0.5, 0.6) is 0 Å². The van der Waals surface area contributed by atoms with Gasteiger partial charge in [-0.15, -0.1) is 0 Å². The van der Waals surface area contributed by atoms with Gasteiger partial charge in [-0.1, -0.05) is 12.1 Å². The Balaban J connectivity index is 1.44. The molecular weight excluding hydrogens is 350 g/mol. The lowest BCUT2D eigenvalue weighted by atomic mass is 10.0. The quantitative estimate of drug-likeness (QED) is 0.554. The van der Waals surface area contributed by atoms with Gasteiger partial charge in [-0.25, -0.2) is 4.98 Å². The number of fused-ring (bicyclic) bond motifs is 1. The van der Waals surface area contributed by atoms with Gasteiger partial charge in [0.1, 0.15) is 5.58 Å². The third-order valence-corrected chi connectivity index (χ3v) is 5.19. The lowest BCUT2D eigenvalue weighted by Crippen LogP contribution is -2.28. The second-order valence-corrected chi connectivity index (χ2v) is 7.22. The Morgan fingerprint density at radius 3 is 2.64 bits per heavy atom. The van der Waals surface area contributed by atoms with Crippen molar-refractivity contribution in [2.24, 2.45) is 0 Å². The third-order valence-electron chi connectivity index (χ3n) is 5.19. The predicted molar refractivity (Wildman–Crippen MR) is 110 cm³/mol. The molecule has 1 atom stereocenters. The fourth-order valence-electron chi connectivity index (χ4n) is 3.37. The number of amides is 1. The molecule has 1 N–H and O–H groups in total. The molecule has 0 radical (unpaired) electrons. The first-order valence-corrected chi connectivity index (χ1v) is 9.36. The number of imidazole rings is 1. The number of furan rings is 1. The number of aromatic nitrogens is 2. The van der Waals surface area contributed by atoms with Crippen LogP contribution in [0.2, 0.25) is 0 Å². The molecule has 0 saturated carbocycles. The summed E-state index contributed by atoms with van der Waals surface area (Å²) in [6.45, 7) is 6.12. The molecule has 4 aromatic rings. The largest absolute Gasteiger partial charge is 0.464 e. The molecule has 0 aliphatic heterocycles. The number of nitrogens with zero attached hydrogens (tertiary/aromatic N) is 2. The number of hydrogen-bond acceptors (Lipinski definition) is 3. The van der Waals surface area contributed by atoms with Crippen molar-refractivity contribution in [3.05, 3.63) is 83.6 Å². The first-order chi connectivity index (χ1) is 13.5. The Kier molecular flexibility index (Phi) is 4.74. The normalized spacial score (nSPS) is 12.2. The maximum absolute atomic E-state index is 12.6. The molecule has 4 rings (SSSR count). The first-order valence-electron chi connectivity index (χ1n) is 9.36. The van der Waals surface area contributed by atoms with Crippen LogP contribution in [0, 0.1) is 13.8 Å². The van der Waals surface area contributed by atoms with Crippen molar-refractivity contribution >= 4 is 16.9 Å². The molecule has 5 nitrogen and oxygen atoms in total. The zero-order valence-electron chi connectivity index (χ0n) is 16.3. The van der Waals surface area contributed by atoms with Gasteiger partial charge in [-0.3, -0.25) is 4.79 Å². The number of carbonyl (C=O) groups excluding carboxylic acids is 1. The van der Waals surface area contributed by atoms with E-state index in [1.54, 1.807) is 18.8 Å². The van der Waals surface area contributed by atoms with Crippen molar-refractivity contribution < 1.29 is 9.21 Å². The van der Waals surface area contributed by atoms with Crippen LogP contribution in [-0.4, -0.2) is 15.5 Å². The second-order valence-electron chi connectivity index (χ2n) is 7.22. The predicted octanol–water partition coefficient (Wildman–Crippen LogP) is 4.66. The van der Waals surface area contributed by atoms with Crippen LogP contribution in [0.15, 0.2) is 65.8 Å². The molecule has 2 aromatic carbocycles. The highest BCUT2D eigenvalue weighted by molar-refractivity contribution is 5.88. The molecule has 0 aliphatic rings. The van der Waals surface area contributed by atoms with Crippen LogP contribution in [0.4, 0.5) is 0 Å². The van der Waals surface area contributed by atoms with Crippen molar-refractivity contribution in [1.29, 1.82) is 0 Å². The molecule has 5 heteroatoms. The van der Waals surface area contributed by atoms with Gasteiger partial charge in [0.25, 0.3) is 0 Å². The van der Waals surface area contributed by atoms with E-state index in [-0.39, 0.29) is 11.9 Å². The Hall–Kier alpha value is -3.34. The van der Waals surface area contributed by atoms with Gasteiger partial charge in [-0.2, -0.15) is 0 Å². The SMILES string of the molecule is Cc1cc2occ(CC(=O)N[C@H](C)c3ccc(-n4ccnc4)cc3)c2cc1C. The van der Waals surface area contributed by atoms with Gasteiger partial charge >= 0.3 is 0 Å². The highest BCUT2D eigenvalue weighted by Crippen LogP contribution is 2.25. The fraction of sp³-hybridized carbons (Fsp3) is 0.217. The molecule has 0 unspecified atom stereocenters. The van der Waals surface area contributed by atoms with Crippen molar-refractivity contribution in [3.8, 4) is 5.69 Å². The lowest BCUT2D eigenvalue weighted by Gasteiger charge is -2.15. The van der Waals surface area contributed by atoms with E-state index < -0.39 is 0 Å². The number of nitrogens with one attached hydrogen (secondary N) is 1. The van der Waals surface area contributed by atoms with E-state index in [1.807, 2.05) is 48.0 Å². The Labute approximate surface area is 164 Å². The van der Waals surface area contributed by atoms with Gasteiger partial charge in [-0.05, 0) is 61.7 Å². The molecule has 0 saturated heterocycles. The van der Waals surface area contributed by atoms with Crippen molar-refractivity contribution in [1.82, 2.24) is 14.9 Å². The lowest BCUT2D eigenvalue weighted by molar-refractivity contribution is -0.121. The summed E-state index contributed by atoms with van der Waals surface area (Å²) in [6.07, 6.45) is 7.40. The topological polar surface area (TPSA) is 60.1 Å². The number of hydrogen-bond donors (Lipinski definition) is 1. The standard InChI is InChI=1S/C23H23N3O2/c1-15-10-21-19(13-28-22(21)11-16(15)2)12-23(27)25-17(3)18-4-6-20(7-5-18)26-9-8-24-14-26/h4-11,13-14,17H,12H2,1-3H3,(H,25,27)/t17-/m1/s1. The van der Waals surface area contributed by atoms with Crippen LogP contribution in [0.1, 0.15) is 35.2 Å². The zero-order chi connectivity index (χ0) is 19.7. The molecule has 28 heavy (non-hydrogen) atoms. The summed E-state index contributed by atoms with van der Waals surface area (Å²) >= 11 is 0. The number of benzene rings is 2. The minimum absolute atomic E-state index is 0.0212. The van der Waals surface area contributed by atoms with Crippen molar-refractivity contribution in [2.45, 2.75) is 33.2 Å². The van der Waals surface area contributed by atoms with Crippen molar-refractivity contribution in [3.63, 3.8) is 0 Å². The Bertz CT molecular complexity index is 1110. The average molecular weight is 373 g/mol. The van der Waals surface area contributed by atoms with Crippen molar-refractivity contribution in [2.75, 3.05) is 0 Å². The second kappa shape index (κ2) is 7.35. The van der Waals surface area contributed by atoms with E-state index in [2.05, 4.69) is 30.2 Å². The van der Waals surface area contributed by atoms with Crippen LogP contribution >= 0.6 is 0 Å².